The molecule has 4 aromatic rings. The third-order valence-corrected chi connectivity index (χ3v) is 7.39. The molecule has 0 bridgehead atoms. The van der Waals surface area contributed by atoms with Crippen molar-refractivity contribution in [2.75, 3.05) is 30.8 Å². The summed E-state index contributed by atoms with van der Waals surface area (Å²) in [7, 11) is 2.06. The van der Waals surface area contributed by atoms with Crippen LogP contribution in [0.4, 0.5) is 26.1 Å². The van der Waals surface area contributed by atoms with Crippen molar-refractivity contribution in [3.8, 4) is 11.6 Å². The van der Waals surface area contributed by atoms with Crippen LogP contribution in [0, 0.1) is 17.6 Å². The monoisotopic (exact) mass is 535 g/mol. The van der Waals surface area contributed by atoms with Crippen LogP contribution in [0.15, 0.2) is 60.5 Å². The summed E-state index contributed by atoms with van der Waals surface area (Å²) in [6.07, 6.45) is 3.41. The van der Waals surface area contributed by atoms with Gasteiger partial charge in [-0.3, -0.25) is 4.79 Å². The van der Waals surface area contributed by atoms with Gasteiger partial charge in [0.2, 0.25) is 17.7 Å². The Morgan fingerprint density at radius 1 is 1.16 bits per heavy atom. The van der Waals surface area contributed by atoms with Crippen molar-refractivity contribution in [2.45, 2.75) is 19.3 Å². The van der Waals surface area contributed by atoms with E-state index in [0.717, 1.165) is 25.9 Å². The molecular formula is C28H27F2N5O2S. The summed E-state index contributed by atoms with van der Waals surface area (Å²) in [4.78, 5) is 22.8. The zero-order chi connectivity index (χ0) is 26.6. The van der Waals surface area contributed by atoms with E-state index >= 15 is 0 Å². The fourth-order valence-corrected chi connectivity index (χ4v) is 5.21. The number of hydrogen-bond acceptors (Lipinski definition) is 7. The topological polar surface area (TPSA) is 79.4 Å². The molecule has 7 nitrogen and oxygen atoms in total. The minimum absolute atomic E-state index is 0.117. The maximum Gasteiger partial charge on any atom is 0.247 e. The van der Waals surface area contributed by atoms with Crippen LogP contribution in [0.2, 0.25) is 0 Å². The second-order valence-electron chi connectivity index (χ2n) is 9.30. The number of thiophene rings is 1. The molecule has 1 aliphatic rings. The number of amides is 1. The first-order valence-electron chi connectivity index (χ1n) is 12.3. The third-order valence-electron chi connectivity index (χ3n) is 6.50. The first-order valence-corrected chi connectivity index (χ1v) is 13.2. The number of hydrogen-bond donors (Lipinski definition) is 2. The number of ether oxygens (including phenoxy) is 1. The molecule has 0 radical (unpaired) electrons. The van der Waals surface area contributed by atoms with E-state index in [2.05, 4.69) is 39.1 Å². The number of piperidine rings is 1. The molecule has 3 heterocycles. The van der Waals surface area contributed by atoms with Crippen LogP contribution in [-0.4, -0.2) is 40.9 Å². The lowest BCUT2D eigenvalue weighted by atomic mass is 9.90. The normalized spacial score (nSPS) is 14.4. The minimum Gasteiger partial charge on any atom is -0.437 e. The van der Waals surface area contributed by atoms with Gasteiger partial charge in [0.25, 0.3) is 0 Å². The fraction of sp³-hybridized carbons (Fsp3) is 0.250. The Bertz CT molecular complexity index is 1460. The van der Waals surface area contributed by atoms with E-state index in [-0.39, 0.29) is 34.9 Å². The molecule has 0 atom stereocenters. The van der Waals surface area contributed by atoms with E-state index in [1.165, 1.54) is 29.5 Å². The van der Waals surface area contributed by atoms with Gasteiger partial charge in [-0.1, -0.05) is 12.6 Å². The van der Waals surface area contributed by atoms with E-state index in [1.807, 2.05) is 11.4 Å². The quantitative estimate of drug-likeness (QED) is 0.250. The van der Waals surface area contributed by atoms with E-state index in [1.54, 1.807) is 24.3 Å². The zero-order valence-corrected chi connectivity index (χ0v) is 21.7. The number of benzene rings is 2. The molecule has 0 unspecified atom stereocenters. The van der Waals surface area contributed by atoms with Crippen molar-refractivity contribution >= 4 is 44.8 Å². The van der Waals surface area contributed by atoms with Gasteiger partial charge < -0.3 is 20.3 Å². The summed E-state index contributed by atoms with van der Waals surface area (Å²) in [5.41, 5.74) is 1.49. The van der Waals surface area contributed by atoms with Crippen molar-refractivity contribution in [3.05, 3.63) is 77.7 Å². The molecule has 0 saturated carbocycles. The van der Waals surface area contributed by atoms with Crippen LogP contribution in [0.25, 0.3) is 10.2 Å². The molecule has 2 N–H and O–H groups in total. The van der Waals surface area contributed by atoms with Gasteiger partial charge in [-0.2, -0.15) is 4.98 Å². The van der Waals surface area contributed by atoms with Gasteiger partial charge in [-0.25, -0.2) is 13.8 Å². The number of rotatable bonds is 8. The van der Waals surface area contributed by atoms with E-state index < -0.39 is 11.6 Å². The van der Waals surface area contributed by atoms with E-state index in [9.17, 15) is 13.6 Å². The lowest BCUT2D eigenvalue weighted by molar-refractivity contribution is -0.111. The SMILES string of the molecule is C=CC(=O)Nc1cccc(Oc2nc(Nc3cc(F)c(CC4CCN(C)CC4)c(F)c3)nc3ccsc23)c1. The number of fused-ring (bicyclic) bond motifs is 1. The van der Waals surface area contributed by atoms with Gasteiger partial charge in [0, 0.05) is 23.0 Å². The average molecular weight is 536 g/mol. The Labute approximate surface area is 223 Å². The summed E-state index contributed by atoms with van der Waals surface area (Å²) in [5, 5.41) is 7.46. The molecule has 1 aliphatic heterocycles. The number of aromatic nitrogens is 2. The third kappa shape index (κ3) is 5.98. The minimum atomic E-state index is -0.585. The van der Waals surface area contributed by atoms with Crippen LogP contribution in [0.1, 0.15) is 18.4 Å². The van der Waals surface area contributed by atoms with Crippen LogP contribution in [0.3, 0.4) is 0 Å². The molecule has 1 amide bonds. The first kappa shape index (κ1) is 25.7. The highest BCUT2D eigenvalue weighted by molar-refractivity contribution is 7.17. The summed E-state index contributed by atoms with van der Waals surface area (Å²) in [6.45, 7) is 5.33. The highest BCUT2D eigenvalue weighted by Crippen LogP contribution is 2.34. The van der Waals surface area contributed by atoms with Gasteiger partial charge in [-0.15, -0.1) is 11.3 Å². The second-order valence-corrected chi connectivity index (χ2v) is 10.2. The zero-order valence-electron chi connectivity index (χ0n) is 20.8. The van der Waals surface area contributed by atoms with Gasteiger partial charge in [-0.05, 0) is 87.1 Å². The van der Waals surface area contributed by atoms with Crippen LogP contribution >= 0.6 is 11.3 Å². The van der Waals surface area contributed by atoms with Gasteiger partial charge >= 0.3 is 0 Å². The van der Waals surface area contributed by atoms with E-state index in [0.29, 0.717) is 28.1 Å². The maximum atomic E-state index is 15.0. The Hall–Kier alpha value is -3.89. The number of nitrogens with zero attached hydrogens (tertiary/aromatic N) is 3. The van der Waals surface area contributed by atoms with Crippen molar-refractivity contribution in [1.29, 1.82) is 0 Å². The molecule has 2 aromatic heterocycles. The lowest BCUT2D eigenvalue weighted by Crippen LogP contribution is -2.31. The van der Waals surface area contributed by atoms with Crippen molar-refractivity contribution in [2.24, 2.45) is 5.92 Å². The maximum absolute atomic E-state index is 15.0. The van der Waals surface area contributed by atoms with Crippen molar-refractivity contribution in [3.63, 3.8) is 0 Å². The standard InChI is InChI=1S/C28H27F2N5O2S/c1-3-25(36)31-18-5-4-6-20(14-18)37-27-26-24(9-12-38-26)33-28(34-27)32-19-15-22(29)21(23(30)16-19)13-17-7-10-35(2)11-8-17/h3-6,9,12,14-17H,1,7-8,10-11,13H2,2H3,(H,31,36)(H,32,33,34). The smallest absolute Gasteiger partial charge is 0.247 e. The molecular weight excluding hydrogens is 508 g/mol. The second kappa shape index (κ2) is 11.2. The molecule has 5 rings (SSSR count). The van der Waals surface area contributed by atoms with Crippen LogP contribution < -0.4 is 15.4 Å². The van der Waals surface area contributed by atoms with Crippen LogP contribution in [0.5, 0.6) is 11.6 Å². The van der Waals surface area contributed by atoms with E-state index in [4.69, 9.17) is 4.74 Å². The Morgan fingerprint density at radius 3 is 2.66 bits per heavy atom. The summed E-state index contributed by atoms with van der Waals surface area (Å²) >= 11 is 1.41. The predicted octanol–water partition coefficient (Wildman–Crippen LogP) is 6.51. The largest absolute Gasteiger partial charge is 0.437 e. The lowest BCUT2D eigenvalue weighted by Gasteiger charge is -2.29. The Kier molecular flexibility index (Phi) is 7.62. The number of halogens is 2. The molecule has 196 valence electrons. The summed E-state index contributed by atoms with van der Waals surface area (Å²) in [5.74, 6) is -0.379. The highest BCUT2D eigenvalue weighted by atomic mass is 32.1. The first-order chi connectivity index (χ1) is 18.4. The Balaban J connectivity index is 1.36. The molecule has 38 heavy (non-hydrogen) atoms. The molecule has 1 fully saturated rings. The number of nitrogens with one attached hydrogen (secondary N) is 2. The Morgan fingerprint density at radius 2 is 1.92 bits per heavy atom. The number of carbonyl (C=O) groups is 1. The summed E-state index contributed by atoms with van der Waals surface area (Å²) in [6, 6.07) is 11.2. The average Bonchev–Trinajstić information content (AvgIpc) is 3.36. The van der Waals surface area contributed by atoms with Crippen molar-refractivity contribution < 1.29 is 18.3 Å². The fourth-order valence-electron chi connectivity index (χ4n) is 4.46. The van der Waals surface area contributed by atoms with Crippen molar-refractivity contribution in [1.82, 2.24) is 14.9 Å². The van der Waals surface area contributed by atoms with Crippen LogP contribution in [-0.2, 0) is 11.2 Å². The molecule has 1 saturated heterocycles. The van der Waals surface area contributed by atoms with Gasteiger partial charge in [0.1, 0.15) is 22.1 Å². The highest BCUT2D eigenvalue weighted by Gasteiger charge is 2.21. The molecule has 2 aromatic carbocycles. The predicted molar refractivity (Wildman–Crippen MR) is 146 cm³/mol. The number of likely N-dealkylation sites (tertiary alicyclic amines) is 1. The number of anilines is 3. The molecule has 0 spiro atoms. The summed E-state index contributed by atoms with van der Waals surface area (Å²) < 4.78 is 36.7. The molecule has 0 aliphatic carbocycles. The number of carbonyl (C=O) groups excluding carboxylic acids is 1. The van der Waals surface area contributed by atoms with Gasteiger partial charge in [0.05, 0.1) is 5.52 Å². The molecule has 10 heteroatoms. The van der Waals surface area contributed by atoms with Gasteiger partial charge in [0.15, 0.2) is 0 Å².